The van der Waals surface area contributed by atoms with Crippen molar-refractivity contribution in [3.63, 3.8) is 0 Å². The van der Waals surface area contributed by atoms with E-state index in [9.17, 15) is 0 Å². The van der Waals surface area contributed by atoms with Gasteiger partial charge in [0, 0.05) is 23.1 Å². The van der Waals surface area contributed by atoms with Gasteiger partial charge >= 0.3 is 0 Å². The van der Waals surface area contributed by atoms with E-state index in [1.54, 1.807) is 0 Å². The second-order valence-electron chi connectivity index (χ2n) is 5.29. The highest BCUT2D eigenvalue weighted by Gasteiger charge is 2.08. The molecule has 92 valence electrons. The van der Waals surface area contributed by atoms with E-state index in [4.69, 9.17) is 5.73 Å². The minimum atomic E-state index is 0.323. The number of H-pyrrole nitrogens is 1. The Morgan fingerprint density at radius 2 is 2.00 bits per heavy atom. The minimum Gasteiger partial charge on any atom is -0.361 e. The number of benzene rings is 1. The molecule has 0 aliphatic carbocycles. The fraction of sp³-hybridized carbons (Fsp3) is 0.467. The zero-order chi connectivity index (χ0) is 12.3. The summed E-state index contributed by atoms with van der Waals surface area (Å²) in [5.74, 6) is 0.688. The van der Waals surface area contributed by atoms with Gasteiger partial charge in [0.25, 0.3) is 0 Å². The lowest BCUT2D eigenvalue weighted by molar-refractivity contribution is 0.474. The standard InChI is InChI=1S/C15H22N2/c1-11(2)9-13(16)8-7-12-10-17-15-6-4-3-5-14(12)15/h3-6,10-11,13,17H,7-9,16H2,1-2H3. The Morgan fingerprint density at radius 3 is 2.76 bits per heavy atom. The zero-order valence-electron chi connectivity index (χ0n) is 10.7. The fourth-order valence-electron chi connectivity index (χ4n) is 2.40. The average Bonchev–Trinajstić information content (AvgIpc) is 2.69. The summed E-state index contributed by atoms with van der Waals surface area (Å²) in [6, 6.07) is 8.77. The molecule has 3 N–H and O–H groups in total. The monoisotopic (exact) mass is 230 g/mol. The van der Waals surface area contributed by atoms with Crippen LogP contribution in [0.2, 0.25) is 0 Å². The molecular weight excluding hydrogens is 208 g/mol. The van der Waals surface area contributed by atoms with E-state index < -0.39 is 0 Å². The van der Waals surface area contributed by atoms with Crippen molar-refractivity contribution in [1.29, 1.82) is 0 Å². The van der Waals surface area contributed by atoms with Crippen molar-refractivity contribution in [2.24, 2.45) is 11.7 Å². The molecule has 0 fully saturated rings. The van der Waals surface area contributed by atoms with Gasteiger partial charge in [-0.1, -0.05) is 32.0 Å². The van der Waals surface area contributed by atoms with Crippen molar-refractivity contribution in [2.45, 2.75) is 39.2 Å². The molecule has 0 saturated carbocycles. The molecule has 1 aromatic carbocycles. The molecular formula is C15H22N2. The van der Waals surface area contributed by atoms with Crippen molar-refractivity contribution < 1.29 is 0 Å². The van der Waals surface area contributed by atoms with E-state index in [0.29, 0.717) is 12.0 Å². The van der Waals surface area contributed by atoms with Gasteiger partial charge in [-0.2, -0.15) is 0 Å². The van der Waals surface area contributed by atoms with Crippen LogP contribution in [0.3, 0.4) is 0 Å². The first kappa shape index (κ1) is 12.2. The number of nitrogens with two attached hydrogens (primary N) is 1. The first-order valence-corrected chi connectivity index (χ1v) is 6.47. The molecule has 2 rings (SSSR count). The molecule has 0 bridgehead atoms. The highest BCUT2D eigenvalue weighted by molar-refractivity contribution is 5.82. The Morgan fingerprint density at radius 1 is 1.24 bits per heavy atom. The molecule has 0 saturated heterocycles. The number of aromatic amines is 1. The predicted molar refractivity (Wildman–Crippen MR) is 74.1 cm³/mol. The Kier molecular flexibility index (Phi) is 3.85. The predicted octanol–water partition coefficient (Wildman–Crippen LogP) is 3.47. The highest BCUT2D eigenvalue weighted by atomic mass is 14.7. The van der Waals surface area contributed by atoms with Gasteiger partial charge in [-0.05, 0) is 36.8 Å². The molecule has 1 atom stereocenters. The SMILES string of the molecule is CC(C)CC(N)CCc1c[nH]c2ccccc12. The van der Waals surface area contributed by atoms with Crippen molar-refractivity contribution >= 4 is 10.9 Å². The lowest BCUT2D eigenvalue weighted by atomic mass is 9.98. The minimum absolute atomic E-state index is 0.323. The van der Waals surface area contributed by atoms with Crippen molar-refractivity contribution in [3.05, 3.63) is 36.0 Å². The molecule has 0 radical (unpaired) electrons. The van der Waals surface area contributed by atoms with Crippen LogP contribution >= 0.6 is 0 Å². The lowest BCUT2D eigenvalue weighted by Crippen LogP contribution is -2.22. The van der Waals surface area contributed by atoms with Crippen LogP contribution in [-0.2, 0) is 6.42 Å². The molecule has 0 aliphatic heterocycles. The molecule has 17 heavy (non-hydrogen) atoms. The second-order valence-corrected chi connectivity index (χ2v) is 5.29. The molecule has 0 spiro atoms. The van der Waals surface area contributed by atoms with E-state index in [1.165, 1.54) is 16.5 Å². The van der Waals surface area contributed by atoms with Gasteiger partial charge in [-0.3, -0.25) is 0 Å². The van der Waals surface area contributed by atoms with Gasteiger partial charge in [0.15, 0.2) is 0 Å². The smallest absolute Gasteiger partial charge is 0.0456 e. The molecule has 1 heterocycles. The zero-order valence-corrected chi connectivity index (χ0v) is 10.7. The Labute approximate surface area is 103 Å². The maximum Gasteiger partial charge on any atom is 0.0456 e. The number of fused-ring (bicyclic) bond motifs is 1. The maximum atomic E-state index is 6.13. The number of nitrogens with one attached hydrogen (secondary N) is 1. The van der Waals surface area contributed by atoms with Crippen LogP contribution < -0.4 is 5.73 Å². The third kappa shape index (κ3) is 3.10. The van der Waals surface area contributed by atoms with Gasteiger partial charge in [0.2, 0.25) is 0 Å². The van der Waals surface area contributed by atoms with E-state index in [2.05, 4.69) is 49.3 Å². The summed E-state index contributed by atoms with van der Waals surface area (Å²) in [4.78, 5) is 3.31. The van der Waals surface area contributed by atoms with Crippen LogP contribution in [0, 0.1) is 5.92 Å². The quantitative estimate of drug-likeness (QED) is 0.811. The Balaban J connectivity index is 1.99. The average molecular weight is 230 g/mol. The Bertz CT molecular complexity index is 470. The van der Waals surface area contributed by atoms with E-state index in [0.717, 1.165) is 19.3 Å². The van der Waals surface area contributed by atoms with E-state index in [1.807, 2.05) is 0 Å². The van der Waals surface area contributed by atoms with E-state index >= 15 is 0 Å². The maximum absolute atomic E-state index is 6.13. The number of para-hydroxylation sites is 1. The molecule has 2 nitrogen and oxygen atoms in total. The molecule has 2 heteroatoms. The largest absolute Gasteiger partial charge is 0.361 e. The number of rotatable bonds is 5. The van der Waals surface area contributed by atoms with Crippen molar-refractivity contribution in [3.8, 4) is 0 Å². The summed E-state index contributed by atoms with van der Waals surface area (Å²) in [7, 11) is 0. The van der Waals surface area contributed by atoms with Crippen molar-refractivity contribution in [1.82, 2.24) is 4.98 Å². The van der Waals surface area contributed by atoms with Gasteiger partial charge in [0.05, 0.1) is 0 Å². The van der Waals surface area contributed by atoms with Crippen LogP contribution in [0.5, 0.6) is 0 Å². The third-order valence-electron chi connectivity index (χ3n) is 3.23. The van der Waals surface area contributed by atoms with Crippen LogP contribution in [0.25, 0.3) is 10.9 Å². The molecule has 0 amide bonds. The van der Waals surface area contributed by atoms with Gasteiger partial charge < -0.3 is 10.7 Å². The highest BCUT2D eigenvalue weighted by Crippen LogP contribution is 2.20. The van der Waals surface area contributed by atoms with Crippen LogP contribution in [-0.4, -0.2) is 11.0 Å². The molecule has 2 aromatic rings. The normalized spacial score (nSPS) is 13.4. The summed E-state index contributed by atoms with van der Waals surface area (Å²) in [5.41, 5.74) is 8.74. The van der Waals surface area contributed by atoms with Gasteiger partial charge in [-0.15, -0.1) is 0 Å². The molecule has 1 aromatic heterocycles. The van der Waals surface area contributed by atoms with Crippen molar-refractivity contribution in [2.75, 3.05) is 0 Å². The number of aromatic nitrogens is 1. The second kappa shape index (κ2) is 5.37. The Hall–Kier alpha value is -1.28. The first-order chi connectivity index (χ1) is 8.16. The summed E-state index contributed by atoms with van der Waals surface area (Å²) >= 11 is 0. The van der Waals surface area contributed by atoms with Gasteiger partial charge in [-0.25, -0.2) is 0 Å². The first-order valence-electron chi connectivity index (χ1n) is 6.47. The van der Waals surface area contributed by atoms with Crippen LogP contribution in [0.4, 0.5) is 0 Å². The summed E-state index contributed by atoms with van der Waals surface area (Å²) in [6.45, 7) is 4.46. The summed E-state index contributed by atoms with van der Waals surface area (Å²) in [6.07, 6.45) is 5.37. The number of hydrogen-bond donors (Lipinski definition) is 2. The lowest BCUT2D eigenvalue weighted by Gasteiger charge is -2.13. The fourth-order valence-corrected chi connectivity index (χ4v) is 2.40. The number of aryl methyl sites for hydroxylation is 1. The molecule has 1 unspecified atom stereocenters. The summed E-state index contributed by atoms with van der Waals surface area (Å²) < 4.78 is 0. The topological polar surface area (TPSA) is 41.8 Å². The summed E-state index contributed by atoms with van der Waals surface area (Å²) in [5, 5.41) is 1.34. The van der Waals surface area contributed by atoms with Crippen LogP contribution in [0.15, 0.2) is 30.5 Å². The van der Waals surface area contributed by atoms with E-state index in [-0.39, 0.29) is 0 Å². The third-order valence-corrected chi connectivity index (χ3v) is 3.23. The number of hydrogen-bond acceptors (Lipinski definition) is 1. The van der Waals surface area contributed by atoms with Crippen LogP contribution in [0.1, 0.15) is 32.3 Å². The molecule has 0 aliphatic rings. The van der Waals surface area contributed by atoms with Gasteiger partial charge in [0.1, 0.15) is 0 Å².